The molecule has 2 rings (SSSR count). The largest absolute Gasteiger partial charge is 0.351 e. The highest BCUT2D eigenvalue weighted by Crippen LogP contribution is 2.24. The molecule has 124 valence electrons. The van der Waals surface area contributed by atoms with E-state index in [0.29, 0.717) is 12.2 Å². The summed E-state index contributed by atoms with van der Waals surface area (Å²) in [5.74, 6) is -0.115. The SMILES string of the molecule is Cc1ccc(C)c(-c2cc(C(=O)NCCCN(C)C)nn2C)c1. The first-order valence-corrected chi connectivity index (χ1v) is 7.93. The molecule has 1 amide bonds. The van der Waals surface area contributed by atoms with E-state index in [9.17, 15) is 4.79 Å². The summed E-state index contributed by atoms with van der Waals surface area (Å²) in [6, 6.07) is 8.18. The number of nitrogens with zero attached hydrogens (tertiary/aromatic N) is 3. The first kappa shape index (κ1) is 17.2. The lowest BCUT2D eigenvalue weighted by Crippen LogP contribution is -2.27. The molecule has 0 aliphatic heterocycles. The summed E-state index contributed by atoms with van der Waals surface area (Å²) in [4.78, 5) is 14.3. The minimum atomic E-state index is -0.115. The summed E-state index contributed by atoms with van der Waals surface area (Å²) in [7, 11) is 5.92. The van der Waals surface area contributed by atoms with Crippen molar-refractivity contribution in [1.29, 1.82) is 0 Å². The lowest BCUT2D eigenvalue weighted by atomic mass is 10.0. The Balaban J connectivity index is 2.11. The maximum atomic E-state index is 12.2. The molecule has 23 heavy (non-hydrogen) atoms. The highest BCUT2D eigenvalue weighted by atomic mass is 16.1. The second-order valence-corrected chi connectivity index (χ2v) is 6.27. The number of hydrogen-bond donors (Lipinski definition) is 1. The molecule has 0 radical (unpaired) electrons. The minimum absolute atomic E-state index is 0.115. The number of carbonyl (C=O) groups is 1. The van der Waals surface area contributed by atoms with Crippen molar-refractivity contribution < 1.29 is 4.79 Å². The second kappa shape index (κ2) is 7.42. The molecule has 5 heteroatoms. The van der Waals surface area contributed by atoms with Crippen molar-refractivity contribution >= 4 is 5.91 Å². The van der Waals surface area contributed by atoms with Crippen LogP contribution >= 0.6 is 0 Å². The number of rotatable bonds is 6. The average Bonchev–Trinajstić information content (AvgIpc) is 2.87. The summed E-state index contributed by atoms with van der Waals surface area (Å²) in [6.07, 6.45) is 0.926. The maximum absolute atomic E-state index is 12.2. The molecule has 1 aromatic heterocycles. The molecule has 0 saturated carbocycles. The molecule has 1 heterocycles. The van der Waals surface area contributed by atoms with E-state index >= 15 is 0 Å². The number of nitrogens with one attached hydrogen (secondary N) is 1. The molecule has 2 aromatic rings. The van der Waals surface area contributed by atoms with Crippen LogP contribution in [0.3, 0.4) is 0 Å². The topological polar surface area (TPSA) is 50.2 Å². The highest BCUT2D eigenvalue weighted by molar-refractivity contribution is 5.93. The van der Waals surface area contributed by atoms with Crippen molar-refractivity contribution in [3.63, 3.8) is 0 Å². The Morgan fingerprint density at radius 1 is 1.26 bits per heavy atom. The van der Waals surface area contributed by atoms with Gasteiger partial charge in [-0.05, 0) is 58.6 Å². The van der Waals surface area contributed by atoms with Crippen molar-refractivity contribution in [1.82, 2.24) is 20.0 Å². The van der Waals surface area contributed by atoms with Crippen LogP contribution in [0.2, 0.25) is 0 Å². The van der Waals surface area contributed by atoms with Gasteiger partial charge in [0.15, 0.2) is 5.69 Å². The van der Waals surface area contributed by atoms with Crippen molar-refractivity contribution in [2.24, 2.45) is 7.05 Å². The summed E-state index contributed by atoms with van der Waals surface area (Å²) in [5.41, 5.74) is 4.92. The number of hydrogen-bond acceptors (Lipinski definition) is 3. The van der Waals surface area contributed by atoms with Crippen LogP contribution in [0, 0.1) is 13.8 Å². The maximum Gasteiger partial charge on any atom is 0.271 e. The van der Waals surface area contributed by atoms with Crippen LogP contribution in [-0.2, 0) is 7.05 Å². The van der Waals surface area contributed by atoms with Gasteiger partial charge in [0.05, 0.1) is 5.69 Å². The lowest BCUT2D eigenvalue weighted by Gasteiger charge is -2.09. The van der Waals surface area contributed by atoms with Crippen molar-refractivity contribution in [2.75, 3.05) is 27.2 Å². The molecular formula is C18H26N4O. The Kier molecular flexibility index (Phi) is 5.55. The minimum Gasteiger partial charge on any atom is -0.351 e. The Labute approximate surface area is 138 Å². The molecule has 1 aromatic carbocycles. The van der Waals surface area contributed by atoms with Crippen molar-refractivity contribution in [3.8, 4) is 11.3 Å². The molecule has 0 spiro atoms. The van der Waals surface area contributed by atoms with Gasteiger partial charge in [0, 0.05) is 19.2 Å². The highest BCUT2D eigenvalue weighted by Gasteiger charge is 2.14. The molecule has 0 saturated heterocycles. The van der Waals surface area contributed by atoms with E-state index in [4.69, 9.17) is 0 Å². The van der Waals surface area contributed by atoms with Crippen LogP contribution in [0.5, 0.6) is 0 Å². The van der Waals surface area contributed by atoms with Crippen LogP contribution in [-0.4, -0.2) is 47.8 Å². The van der Waals surface area contributed by atoms with Gasteiger partial charge in [-0.15, -0.1) is 0 Å². The Morgan fingerprint density at radius 3 is 2.70 bits per heavy atom. The van der Waals surface area contributed by atoms with Gasteiger partial charge in [-0.25, -0.2) is 0 Å². The third kappa shape index (κ3) is 4.42. The fourth-order valence-electron chi connectivity index (χ4n) is 2.53. The fraction of sp³-hybridized carbons (Fsp3) is 0.444. The third-order valence-electron chi connectivity index (χ3n) is 3.85. The van der Waals surface area contributed by atoms with E-state index in [2.05, 4.69) is 47.4 Å². The van der Waals surface area contributed by atoms with Crippen molar-refractivity contribution in [2.45, 2.75) is 20.3 Å². The first-order chi connectivity index (χ1) is 10.9. The van der Waals surface area contributed by atoms with E-state index in [0.717, 1.165) is 24.2 Å². The number of benzene rings is 1. The van der Waals surface area contributed by atoms with Gasteiger partial charge in [-0.2, -0.15) is 5.10 Å². The number of carbonyl (C=O) groups excluding carboxylic acids is 1. The Hall–Kier alpha value is -2.14. The van der Waals surface area contributed by atoms with Gasteiger partial charge >= 0.3 is 0 Å². The van der Waals surface area contributed by atoms with E-state index < -0.39 is 0 Å². The number of aromatic nitrogens is 2. The van der Waals surface area contributed by atoms with Gasteiger partial charge in [-0.1, -0.05) is 17.7 Å². The Bertz CT molecular complexity index is 688. The Morgan fingerprint density at radius 2 is 2.00 bits per heavy atom. The van der Waals surface area contributed by atoms with E-state index in [-0.39, 0.29) is 5.91 Å². The van der Waals surface area contributed by atoms with Gasteiger partial charge < -0.3 is 10.2 Å². The van der Waals surface area contributed by atoms with Crippen LogP contribution in [0.15, 0.2) is 24.3 Å². The van der Waals surface area contributed by atoms with Crippen LogP contribution in [0.25, 0.3) is 11.3 Å². The normalized spacial score (nSPS) is 11.0. The molecular weight excluding hydrogens is 288 g/mol. The molecule has 5 nitrogen and oxygen atoms in total. The molecule has 0 fully saturated rings. The smallest absolute Gasteiger partial charge is 0.271 e. The molecule has 0 unspecified atom stereocenters. The van der Waals surface area contributed by atoms with Crippen molar-refractivity contribution in [3.05, 3.63) is 41.1 Å². The van der Waals surface area contributed by atoms with E-state index in [1.807, 2.05) is 27.2 Å². The molecule has 0 atom stereocenters. The second-order valence-electron chi connectivity index (χ2n) is 6.27. The fourth-order valence-corrected chi connectivity index (χ4v) is 2.53. The predicted octanol–water partition coefficient (Wildman–Crippen LogP) is 2.39. The van der Waals surface area contributed by atoms with Crippen LogP contribution < -0.4 is 5.32 Å². The van der Waals surface area contributed by atoms with Gasteiger partial charge in [0.2, 0.25) is 0 Å². The van der Waals surface area contributed by atoms with Gasteiger partial charge in [0.25, 0.3) is 5.91 Å². The van der Waals surface area contributed by atoms with E-state index in [1.165, 1.54) is 11.1 Å². The zero-order valence-electron chi connectivity index (χ0n) is 14.7. The first-order valence-electron chi connectivity index (χ1n) is 7.93. The standard InChI is InChI=1S/C18H26N4O/c1-13-7-8-14(2)15(11-13)17-12-16(20-22(17)5)18(23)19-9-6-10-21(3)4/h7-8,11-12H,6,9-10H2,1-5H3,(H,19,23). The number of amides is 1. The predicted molar refractivity (Wildman–Crippen MR) is 93.6 cm³/mol. The van der Waals surface area contributed by atoms with Gasteiger partial charge in [-0.3, -0.25) is 9.48 Å². The number of aryl methyl sites for hydroxylation is 3. The zero-order chi connectivity index (χ0) is 17.0. The summed E-state index contributed by atoms with van der Waals surface area (Å²) < 4.78 is 1.77. The van der Waals surface area contributed by atoms with Crippen LogP contribution in [0.4, 0.5) is 0 Å². The van der Waals surface area contributed by atoms with Crippen LogP contribution in [0.1, 0.15) is 28.0 Å². The zero-order valence-corrected chi connectivity index (χ0v) is 14.7. The van der Waals surface area contributed by atoms with Gasteiger partial charge in [0.1, 0.15) is 0 Å². The average molecular weight is 314 g/mol. The molecule has 0 aliphatic carbocycles. The summed E-state index contributed by atoms with van der Waals surface area (Å²) in [6.45, 7) is 5.75. The molecule has 0 aliphatic rings. The quantitative estimate of drug-likeness (QED) is 0.833. The third-order valence-corrected chi connectivity index (χ3v) is 3.85. The summed E-state index contributed by atoms with van der Waals surface area (Å²) in [5, 5.41) is 7.30. The molecule has 1 N–H and O–H groups in total. The molecule has 0 bridgehead atoms. The summed E-state index contributed by atoms with van der Waals surface area (Å²) >= 11 is 0. The monoisotopic (exact) mass is 314 g/mol. The lowest BCUT2D eigenvalue weighted by molar-refractivity contribution is 0.0946. The van der Waals surface area contributed by atoms with E-state index in [1.54, 1.807) is 4.68 Å².